The number of anilines is 2. The Balaban J connectivity index is 2.06. The van der Waals surface area contributed by atoms with Gasteiger partial charge in [-0.3, -0.25) is 14.4 Å². The van der Waals surface area contributed by atoms with Crippen LogP contribution in [0.5, 0.6) is 0 Å². The molecule has 1 aromatic rings. The highest BCUT2D eigenvalue weighted by atomic mass is 16.5. The van der Waals surface area contributed by atoms with Crippen molar-refractivity contribution in [2.24, 2.45) is 0 Å². The Bertz CT molecular complexity index is 735. The number of hydrogen-bond acceptors (Lipinski definition) is 6. The van der Waals surface area contributed by atoms with Crippen LogP contribution in [-0.2, 0) is 23.9 Å². The maximum absolute atomic E-state index is 12.4. The number of ether oxygens (including phenoxy) is 2. The van der Waals surface area contributed by atoms with E-state index in [4.69, 9.17) is 9.47 Å². The molecule has 2 rings (SSSR count). The maximum Gasteiger partial charge on any atom is 0.338 e. The Kier molecular flexibility index (Phi) is 7.11. The van der Waals surface area contributed by atoms with E-state index in [1.165, 1.54) is 32.0 Å². The highest BCUT2D eigenvalue weighted by Crippen LogP contribution is 2.20. The molecule has 1 aliphatic heterocycles. The number of rotatable bonds is 5. The van der Waals surface area contributed by atoms with Crippen LogP contribution in [-0.4, -0.2) is 60.5 Å². The topological polar surface area (TPSA) is 114 Å². The molecule has 28 heavy (non-hydrogen) atoms. The summed E-state index contributed by atoms with van der Waals surface area (Å²) in [5.41, 5.74) is 0.757. The average molecular weight is 391 g/mol. The first kappa shape index (κ1) is 21.4. The minimum atomic E-state index is -0.735. The predicted molar refractivity (Wildman–Crippen MR) is 102 cm³/mol. The fourth-order valence-electron chi connectivity index (χ4n) is 2.98. The van der Waals surface area contributed by atoms with Crippen molar-refractivity contribution in [2.75, 3.05) is 30.3 Å². The van der Waals surface area contributed by atoms with Crippen molar-refractivity contribution in [3.05, 3.63) is 23.8 Å². The molecule has 1 fully saturated rings. The summed E-state index contributed by atoms with van der Waals surface area (Å²) < 4.78 is 10.7. The molecule has 1 heterocycles. The molecular formula is C19H25N3O6. The van der Waals surface area contributed by atoms with Crippen LogP contribution in [0.3, 0.4) is 0 Å². The van der Waals surface area contributed by atoms with Crippen molar-refractivity contribution < 1.29 is 28.7 Å². The van der Waals surface area contributed by atoms with Crippen molar-refractivity contribution in [1.82, 2.24) is 4.90 Å². The number of benzene rings is 1. The Labute approximate surface area is 163 Å². The fraction of sp³-hybridized carbons (Fsp3) is 0.474. The largest absolute Gasteiger partial charge is 0.452 e. The van der Waals surface area contributed by atoms with E-state index >= 15 is 0 Å². The summed E-state index contributed by atoms with van der Waals surface area (Å²) >= 11 is 0. The second-order valence-corrected chi connectivity index (χ2v) is 6.79. The van der Waals surface area contributed by atoms with Gasteiger partial charge in [0.2, 0.25) is 11.8 Å². The van der Waals surface area contributed by atoms with Gasteiger partial charge in [0.1, 0.15) is 0 Å². The molecule has 0 aromatic heterocycles. The second kappa shape index (κ2) is 9.32. The van der Waals surface area contributed by atoms with E-state index < -0.39 is 12.6 Å². The zero-order valence-corrected chi connectivity index (χ0v) is 16.4. The highest BCUT2D eigenvalue weighted by molar-refractivity contribution is 5.98. The molecule has 2 N–H and O–H groups in total. The van der Waals surface area contributed by atoms with Gasteiger partial charge in [-0.1, -0.05) is 0 Å². The number of carbonyl (C=O) groups excluding carboxylic acids is 4. The number of hydrogen-bond donors (Lipinski definition) is 2. The first-order valence-electron chi connectivity index (χ1n) is 8.94. The number of carbonyl (C=O) groups is 4. The van der Waals surface area contributed by atoms with Gasteiger partial charge in [0, 0.05) is 38.3 Å². The van der Waals surface area contributed by atoms with Gasteiger partial charge >= 0.3 is 5.97 Å². The molecule has 1 aromatic carbocycles. The number of amides is 3. The maximum atomic E-state index is 12.4. The van der Waals surface area contributed by atoms with Crippen LogP contribution in [0.1, 0.15) is 38.1 Å². The normalized spacial score (nSPS) is 18.9. The Morgan fingerprint density at radius 2 is 1.50 bits per heavy atom. The summed E-state index contributed by atoms with van der Waals surface area (Å²) in [5, 5.41) is 5.11. The Morgan fingerprint density at radius 3 is 1.96 bits per heavy atom. The number of nitrogens with zero attached hydrogens (tertiary/aromatic N) is 1. The van der Waals surface area contributed by atoms with E-state index in [0.29, 0.717) is 24.5 Å². The summed E-state index contributed by atoms with van der Waals surface area (Å²) in [6.45, 7) is 6.87. The molecule has 0 radical (unpaired) electrons. The number of esters is 1. The van der Waals surface area contributed by atoms with E-state index in [-0.39, 0.29) is 35.5 Å². The van der Waals surface area contributed by atoms with Gasteiger partial charge in [-0.05, 0) is 32.0 Å². The van der Waals surface area contributed by atoms with Gasteiger partial charge < -0.3 is 25.0 Å². The van der Waals surface area contributed by atoms with E-state index in [2.05, 4.69) is 10.6 Å². The first-order valence-corrected chi connectivity index (χ1v) is 8.94. The molecule has 9 nitrogen and oxygen atoms in total. The highest BCUT2D eigenvalue weighted by Gasteiger charge is 2.26. The molecule has 0 aliphatic carbocycles. The molecule has 0 bridgehead atoms. The Morgan fingerprint density at radius 1 is 1.00 bits per heavy atom. The Hall–Kier alpha value is -2.94. The third kappa shape index (κ3) is 6.34. The summed E-state index contributed by atoms with van der Waals surface area (Å²) in [7, 11) is 0. The molecule has 3 amide bonds. The van der Waals surface area contributed by atoms with Crippen molar-refractivity contribution in [3.8, 4) is 0 Å². The lowest BCUT2D eigenvalue weighted by Gasteiger charge is -2.35. The van der Waals surface area contributed by atoms with Crippen LogP contribution in [0.25, 0.3) is 0 Å². The van der Waals surface area contributed by atoms with Crippen LogP contribution in [0, 0.1) is 0 Å². The summed E-state index contributed by atoms with van der Waals surface area (Å²) in [4.78, 5) is 48.9. The lowest BCUT2D eigenvalue weighted by atomic mass is 10.1. The standard InChI is InChI=1S/C19H25N3O6/c1-11-8-22(9-12(2)28-11)18(25)10-27-19(26)15-5-16(20-13(3)23)7-17(6-15)21-14(4)24/h5-7,11-12H,8-10H2,1-4H3,(H,20,23)(H,21,24)/t11-,12+. The molecule has 1 saturated heterocycles. The molecule has 152 valence electrons. The predicted octanol–water partition coefficient (Wildman–Crippen LogP) is 1.40. The van der Waals surface area contributed by atoms with Gasteiger partial charge in [0.25, 0.3) is 5.91 Å². The lowest BCUT2D eigenvalue weighted by Crippen LogP contribution is -2.49. The van der Waals surface area contributed by atoms with Gasteiger partial charge in [-0.2, -0.15) is 0 Å². The van der Waals surface area contributed by atoms with Gasteiger partial charge in [0.15, 0.2) is 6.61 Å². The van der Waals surface area contributed by atoms with Crippen LogP contribution in [0.4, 0.5) is 11.4 Å². The van der Waals surface area contributed by atoms with Crippen molar-refractivity contribution in [1.29, 1.82) is 0 Å². The van der Waals surface area contributed by atoms with Crippen molar-refractivity contribution >= 4 is 35.1 Å². The van der Waals surface area contributed by atoms with Crippen LogP contribution in [0.15, 0.2) is 18.2 Å². The van der Waals surface area contributed by atoms with Crippen molar-refractivity contribution in [3.63, 3.8) is 0 Å². The van der Waals surface area contributed by atoms with Crippen LogP contribution in [0.2, 0.25) is 0 Å². The molecule has 1 aliphatic rings. The smallest absolute Gasteiger partial charge is 0.338 e. The molecular weight excluding hydrogens is 366 g/mol. The minimum Gasteiger partial charge on any atom is -0.452 e. The van der Waals surface area contributed by atoms with Crippen LogP contribution >= 0.6 is 0 Å². The number of nitrogens with one attached hydrogen (secondary N) is 2. The molecule has 9 heteroatoms. The van der Waals surface area contributed by atoms with E-state index in [1.807, 2.05) is 13.8 Å². The van der Waals surface area contributed by atoms with E-state index in [1.54, 1.807) is 4.90 Å². The summed E-state index contributed by atoms with van der Waals surface area (Å²) in [6.07, 6.45) is -0.170. The molecule has 0 spiro atoms. The summed E-state index contributed by atoms with van der Waals surface area (Å²) in [5.74, 6) is -1.70. The fourth-order valence-corrected chi connectivity index (χ4v) is 2.98. The SMILES string of the molecule is CC(=O)Nc1cc(NC(C)=O)cc(C(=O)OCC(=O)N2C[C@@H](C)O[C@@H](C)C2)c1. The zero-order chi connectivity index (χ0) is 20.8. The monoisotopic (exact) mass is 391 g/mol. The third-order valence-electron chi connectivity index (χ3n) is 3.91. The molecule has 0 unspecified atom stereocenters. The molecule has 0 saturated carbocycles. The van der Waals surface area contributed by atoms with E-state index in [9.17, 15) is 19.2 Å². The number of morpholine rings is 1. The summed E-state index contributed by atoms with van der Waals surface area (Å²) in [6, 6.07) is 4.35. The van der Waals surface area contributed by atoms with Crippen LogP contribution < -0.4 is 10.6 Å². The van der Waals surface area contributed by atoms with Gasteiger partial charge in [-0.15, -0.1) is 0 Å². The quantitative estimate of drug-likeness (QED) is 0.734. The zero-order valence-electron chi connectivity index (χ0n) is 16.4. The first-order chi connectivity index (χ1) is 13.1. The van der Waals surface area contributed by atoms with E-state index in [0.717, 1.165) is 0 Å². The lowest BCUT2D eigenvalue weighted by molar-refractivity contribution is -0.146. The molecule has 2 atom stereocenters. The van der Waals surface area contributed by atoms with Crippen molar-refractivity contribution in [2.45, 2.75) is 39.9 Å². The van der Waals surface area contributed by atoms with Gasteiger partial charge in [0.05, 0.1) is 17.8 Å². The average Bonchev–Trinajstić information content (AvgIpc) is 2.57. The van der Waals surface area contributed by atoms with Gasteiger partial charge in [-0.25, -0.2) is 4.79 Å². The minimum absolute atomic E-state index is 0.0852. The second-order valence-electron chi connectivity index (χ2n) is 6.79. The third-order valence-corrected chi connectivity index (χ3v) is 3.91.